The minimum atomic E-state index is -0.366. The molecule has 0 aromatic heterocycles. The molecule has 1 heterocycles. The van der Waals surface area contributed by atoms with E-state index in [2.05, 4.69) is 35.9 Å². The van der Waals surface area contributed by atoms with Crippen molar-refractivity contribution in [1.29, 1.82) is 0 Å². The van der Waals surface area contributed by atoms with Crippen molar-refractivity contribution in [3.05, 3.63) is 27.2 Å². The summed E-state index contributed by atoms with van der Waals surface area (Å²) in [5.41, 5.74) is 1.92. The number of rotatable bonds is 2. The topological polar surface area (TPSA) is 18.5 Å². The molecular formula is C15H18BrClO2. The average molecular weight is 346 g/mol. The van der Waals surface area contributed by atoms with Crippen LogP contribution in [0.3, 0.4) is 0 Å². The van der Waals surface area contributed by atoms with Gasteiger partial charge in [-0.3, -0.25) is 0 Å². The number of fused-ring (bicyclic) bond motifs is 1. The third kappa shape index (κ3) is 2.63. The van der Waals surface area contributed by atoms with Gasteiger partial charge >= 0.3 is 0 Å². The standard InChI is InChI=1S/C15H18BrClO2/c1-8(2)10-7-15(3,4)19-13-9(10)6-11(16)14(18-5)12(13)17/h6-8H,1-5H3. The fourth-order valence-corrected chi connectivity index (χ4v) is 3.33. The summed E-state index contributed by atoms with van der Waals surface area (Å²) in [7, 11) is 1.60. The van der Waals surface area contributed by atoms with E-state index in [-0.39, 0.29) is 5.60 Å². The monoisotopic (exact) mass is 344 g/mol. The average Bonchev–Trinajstić information content (AvgIpc) is 2.29. The fourth-order valence-electron chi connectivity index (χ4n) is 2.31. The van der Waals surface area contributed by atoms with Crippen LogP contribution in [0.4, 0.5) is 0 Å². The highest BCUT2D eigenvalue weighted by Gasteiger charge is 2.31. The highest BCUT2D eigenvalue weighted by atomic mass is 79.9. The van der Waals surface area contributed by atoms with Crippen LogP contribution in [0.5, 0.6) is 11.5 Å². The minimum absolute atomic E-state index is 0.366. The van der Waals surface area contributed by atoms with Crippen LogP contribution < -0.4 is 9.47 Å². The zero-order chi connectivity index (χ0) is 14.4. The first-order valence-corrected chi connectivity index (χ1v) is 7.42. The van der Waals surface area contributed by atoms with Crippen molar-refractivity contribution in [1.82, 2.24) is 0 Å². The van der Waals surface area contributed by atoms with E-state index in [1.165, 1.54) is 5.57 Å². The molecule has 0 spiro atoms. The summed E-state index contributed by atoms with van der Waals surface area (Å²) in [6.45, 7) is 8.40. The molecule has 0 atom stereocenters. The predicted molar refractivity (Wildman–Crippen MR) is 83.2 cm³/mol. The number of allylic oxidation sites excluding steroid dienone is 1. The molecule has 2 nitrogen and oxygen atoms in total. The van der Waals surface area contributed by atoms with E-state index in [9.17, 15) is 0 Å². The Hall–Kier alpha value is -0.670. The summed E-state index contributed by atoms with van der Waals surface area (Å²) >= 11 is 9.92. The highest BCUT2D eigenvalue weighted by molar-refractivity contribution is 9.10. The van der Waals surface area contributed by atoms with Gasteiger partial charge in [0, 0.05) is 5.56 Å². The van der Waals surface area contributed by atoms with E-state index in [0.717, 1.165) is 10.0 Å². The third-order valence-electron chi connectivity index (χ3n) is 3.14. The summed E-state index contributed by atoms with van der Waals surface area (Å²) in [5.74, 6) is 1.72. The molecule has 0 N–H and O–H groups in total. The lowest BCUT2D eigenvalue weighted by atomic mass is 9.88. The summed E-state index contributed by atoms with van der Waals surface area (Å²) in [4.78, 5) is 0. The maximum Gasteiger partial charge on any atom is 0.155 e. The van der Waals surface area contributed by atoms with Crippen LogP contribution in [0.2, 0.25) is 5.02 Å². The molecule has 1 aromatic rings. The summed E-state index contributed by atoms with van der Waals surface area (Å²) in [6, 6.07) is 2.02. The van der Waals surface area contributed by atoms with Crippen molar-refractivity contribution < 1.29 is 9.47 Å². The molecule has 2 rings (SSSR count). The first-order chi connectivity index (χ1) is 8.76. The number of hydrogen-bond donors (Lipinski definition) is 0. The molecule has 0 aliphatic carbocycles. The zero-order valence-electron chi connectivity index (χ0n) is 11.8. The summed E-state index contributed by atoms with van der Waals surface area (Å²) in [5, 5.41) is 0.520. The van der Waals surface area contributed by atoms with Crippen molar-refractivity contribution in [2.24, 2.45) is 5.92 Å². The van der Waals surface area contributed by atoms with E-state index in [0.29, 0.717) is 22.4 Å². The van der Waals surface area contributed by atoms with Gasteiger partial charge < -0.3 is 9.47 Å². The van der Waals surface area contributed by atoms with Gasteiger partial charge in [-0.25, -0.2) is 0 Å². The smallest absolute Gasteiger partial charge is 0.155 e. The lowest BCUT2D eigenvalue weighted by molar-refractivity contribution is 0.156. The van der Waals surface area contributed by atoms with Gasteiger partial charge in [-0.1, -0.05) is 25.4 Å². The molecular weight excluding hydrogens is 328 g/mol. The van der Waals surface area contributed by atoms with Crippen LogP contribution in [-0.4, -0.2) is 12.7 Å². The number of benzene rings is 1. The Morgan fingerprint density at radius 2 is 2.00 bits per heavy atom. The molecule has 19 heavy (non-hydrogen) atoms. The van der Waals surface area contributed by atoms with Crippen molar-refractivity contribution in [3.8, 4) is 11.5 Å². The van der Waals surface area contributed by atoms with Gasteiger partial charge in [0.05, 0.1) is 11.6 Å². The maximum atomic E-state index is 6.42. The van der Waals surface area contributed by atoms with Crippen LogP contribution in [0.15, 0.2) is 16.6 Å². The second kappa shape index (κ2) is 5.02. The molecule has 0 saturated carbocycles. The Balaban J connectivity index is 2.72. The van der Waals surface area contributed by atoms with E-state index in [4.69, 9.17) is 21.1 Å². The molecule has 104 valence electrons. The van der Waals surface area contributed by atoms with Crippen LogP contribution in [0, 0.1) is 5.92 Å². The van der Waals surface area contributed by atoms with Crippen LogP contribution >= 0.6 is 27.5 Å². The summed E-state index contributed by atoms with van der Waals surface area (Å²) in [6.07, 6.45) is 2.16. The fraction of sp³-hybridized carbons (Fsp3) is 0.467. The van der Waals surface area contributed by atoms with Crippen molar-refractivity contribution in [2.45, 2.75) is 33.3 Å². The van der Waals surface area contributed by atoms with Gasteiger partial charge in [0.25, 0.3) is 0 Å². The van der Waals surface area contributed by atoms with Crippen molar-refractivity contribution in [3.63, 3.8) is 0 Å². The second-order valence-corrected chi connectivity index (χ2v) is 6.77. The van der Waals surface area contributed by atoms with Crippen molar-refractivity contribution >= 4 is 33.1 Å². The Kier molecular flexibility index (Phi) is 3.90. The van der Waals surface area contributed by atoms with Gasteiger partial charge in [0.15, 0.2) is 11.5 Å². The molecule has 1 aromatic carbocycles. The van der Waals surface area contributed by atoms with Crippen LogP contribution in [-0.2, 0) is 0 Å². The lowest BCUT2D eigenvalue weighted by Gasteiger charge is -2.33. The number of ether oxygens (including phenoxy) is 2. The van der Waals surface area contributed by atoms with E-state index in [1.54, 1.807) is 7.11 Å². The predicted octanol–water partition coefficient (Wildman–Crippen LogP) is 5.32. The van der Waals surface area contributed by atoms with Crippen LogP contribution in [0.1, 0.15) is 33.3 Å². The molecule has 0 bridgehead atoms. The summed E-state index contributed by atoms with van der Waals surface area (Å²) < 4.78 is 12.2. The first-order valence-electron chi connectivity index (χ1n) is 6.25. The van der Waals surface area contributed by atoms with Crippen LogP contribution in [0.25, 0.3) is 5.57 Å². The molecule has 4 heteroatoms. The molecule has 1 aliphatic rings. The van der Waals surface area contributed by atoms with E-state index >= 15 is 0 Å². The van der Waals surface area contributed by atoms with Gasteiger partial charge in [0.2, 0.25) is 0 Å². The van der Waals surface area contributed by atoms with Gasteiger partial charge in [-0.05, 0) is 53.4 Å². The first kappa shape index (κ1) is 14.7. The van der Waals surface area contributed by atoms with E-state index < -0.39 is 0 Å². The van der Waals surface area contributed by atoms with E-state index in [1.807, 2.05) is 19.9 Å². The molecule has 0 saturated heterocycles. The zero-order valence-corrected chi connectivity index (χ0v) is 14.1. The number of methoxy groups -OCH3 is 1. The quantitative estimate of drug-likeness (QED) is 0.722. The van der Waals surface area contributed by atoms with Crippen molar-refractivity contribution in [2.75, 3.05) is 7.11 Å². The number of hydrogen-bond acceptors (Lipinski definition) is 2. The normalized spacial score (nSPS) is 16.7. The Morgan fingerprint density at radius 1 is 1.37 bits per heavy atom. The number of halogens is 2. The molecule has 1 aliphatic heterocycles. The second-order valence-electron chi connectivity index (χ2n) is 5.54. The Bertz CT molecular complexity index is 548. The highest BCUT2D eigenvalue weighted by Crippen LogP contribution is 2.49. The van der Waals surface area contributed by atoms with Gasteiger partial charge in [-0.15, -0.1) is 0 Å². The lowest BCUT2D eigenvalue weighted by Crippen LogP contribution is -2.30. The SMILES string of the molecule is COc1c(Br)cc2c(c1Cl)OC(C)(C)C=C2C(C)C. The van der Waals surface area contributed by atoms with Gasteiger partial charge in [0.1, 0.15) is 10.6 Å². The molecule has 0 unspecified atom stereocenters. The Morgan fingerprint density at radius 3 is 2.53 bits per heavy atom. The molecule has 0 radical (unpaired) electrons. The molecule has 0 fully saturated rings. The Labute approximate surface area is 127 Å². The minimum Gasteiger partial charge on any atom is -0.494 e. The van der Waals surface area contributed by atoms with Gasteiger partial charge in [-0.2, -0.15) is 0 Å². The third-order valence-corrected chi connectivity index (χ3v) is 4.07. The largest absolute Gasteiger partial charge is 0.494 e. The maximum absolute atomic E-state index is 6.42. The molecule has 0 amide bonds.